The summed E-state index contributed by atoms with van der Waals surface area (Å²) < 4.78 is 10.5. The second-order valence-corrected chi connectivity index (χ2v) is 4.97. The Hall–Kier alpha value is -2.11. The predicted octanol–water partition coefficient (Wildman–Crippen LogP) is 2.69. The molecule has 2 aromatic rings. The number of hydrogen-bond donors (Lipinski definition) is 1. The summed E-state index contributed by atoms with van der Waals surface area (Å²) in [5.74, 6) is 0.470. The summed E-state index contributed by atoms with van der Waals surface area (Å²) in [5.41, 5.74) is 1.23. The Labute approximate surface area is 134 Å². The standard InChI is InChI=1S/C16H17ClN2O3/c1-21-7-8-22-14-4-2-3-12(9-14)11-19-16(20)15-10-13(17)5-6-18-15/h2-6,9-10H,7-8,11H2,1H3,(H,19,20). The lowest BCUT2D eigenvalue weighted by atomic mass is 10.2. The first-order valence-corrected chi connectivity index (χ1v) is 7.17. The first-order valence-electron chi connectivity index (χ1n) is 6.79. The lowest BCUT2D eigenvalue weighted by molar-refractivity contribution is 0.0946. The third-order valence-corrected chi connectivity index (χ3v) is 3.10. The van der Waals surface area contributed by atoms with Gasteiger partial charge in [0.05, 0.1) is 6.61 Å². The fourth-order valence-corrected chi connectivity index (χ4v) is 1.95. The molecular formula is C16H17ClN2O3. The molecule has 1 heterocycles. The van der Waals surface area contributed by atoms with Crippen LogP contribution in [0.3, 0.4) is 0 Å². The number of aromatic nitrogens is 1. The number of pyridine rings is 1. The van der Waals surface area contributed by atoms with Crippen molar-refractivity contribution in [1.82, 2.24) is 10.3 Å². The van der Waals surface area contributed by atoms with Crippen molar-refractivity contribution < 1.29 is 14.3 Å². The molecule has 2 rings (SSSR count). The SMILES string of the molecule is COCCOc1cccc(CNC(=O)c2cc(Cl)ccn2)c1. The minimum Gasteiger partial charge on any atom is -0.491 e. The number of hydrogen-bond acceptors (Lipinski definition) is 4. The number of nitrogens with zero attached hydrogens (tertiary/aromatic N) is 1. The zero-order chi connectivity index (χ0) is 15.8. The van der Waals surface area contributed by atoms with Crippen LogP contribution in [0.25, 0.3) is 0 Å². The van der Waals surface area contributed by atoms with Gasteiger partial charge in [0.1, 0.15) is 18.1 Å². The number of benzene rings is 1. The summed E-state index contributed by atoms with van der Waals surface area (Å²) in [4.78, 5) is 16.0. The number of carbonyl (C=O) groups is 1. The molecule has 0 unspecified atom stereocenters. The number of ether oxygens (including phenoxy) is 2. The molecule has 22 heavy (non-hydrogen) atoms. The summed E-state index contributed by atoms with van der Waals surface area (Å²) >= 11 is 5.84. The van der Waals surface area contributed by atoms with Crippen molar-refractivity contribution in [3.8, 4) is 5.75 Å². The van der Waals surface area contributed by atoms with Crippen LogP contribution in [0.2, 0.25) is 5.02 Å². The van der Waals surface area contributed by atoms with E-state index in [9.17, 15) is 4.79 Å². The summed E-state index contributed by atoms with van der Waals surface area (Å²) in [6.45, 7) is 1.40. The van der Waals surface area contributed by atoms with Gasteiger partial charge in [-0.3, -0.25) is 9.78 Å². The smallest absolute Gasteiger partial charge is 0.270 e. The third-order valence-electron chi connectivity index (χ3n) is 2.86. The predicted molar refractivity (Wildman–Crippen MR) is 84.2 cm³/mol. The van der Waals surface area contributed by atoms with E-state index in [0.717, 1.165) is 11.3 Å². The molecule has 1 N–H and O–H groups in total. The van der Waals surface area contributed by atoms with Crippen LogP contribution in [-0.4, -0.2) is 31.2 Å². The molecule has 0 aliphatic rings. The minimum atomic E-state index is -0.270. The van der Waals surface area contributed by atoms with Crippen molar-refractivity contribution in [1.29, 1.82) is 0 Å². The fraction of sp³-hybridized carbons (Fsp3) is 0.250. The Bertz CT molecular complexity index is 634. The van der Waals surface area contributed by atoms with E-state index < -0.39 is 0 Å². The first-order chi connectivity index (χ1) is 10.7. The van der Waals surface area contributed by atoms with Gasteiger partial charge in [-0.05, 0) is 29.8 Å². The Kier molecular flexibility index (Phi) is 6.18. The molecule has 0 fully saturated rings. The maximum atomic E-state index is 12.0. The average molecular weight is 321 g/mol. The van der Waals surface area contributed by atoms with Gasteiger partial charge in [0.2, 0.25) is 0 Å². The van der Waals surface area contributed by atoms with E-state index in [-0.39, 0.29) is 5.91 Å². The number of halogens is 1. The zero-order valence-corrected chi connectivity index (χ0v) is 13.0. The number of carbonyl (C=O) groups excluding carboxylic acids is 1. The minimum absolute atomic E-state index is 0.270. The molecule has 6 heteroatoms. The van der Waals surface area contributed by atoms with Crippen LogP contribution < -0.4 is 10.1 Å². The van der Waals surface area contributed by atoms with Crippen molar-refractivity contribution in [2.75, 3.05) is 20.3 Å². The topological polar surface area (TPSA) is 60.5 Å². The van der Waals surface area contributed by atoms with Crippen LogP contribution in [0.1, 0.15) is 16.1 Å². The van der Waals surface area contributed by atoms with E-state index in [1.807, 2.05) is 24.3 Å². The summed E-state index contributed by atoms with van der Waals surface area (Å²) in [6.07, 6.45) is 1.50. The number of amides is 1. The van der Waals surface area contributed by atoms with Crippen LogP contribution in [-0.2, 0) is 11.3 Å². The largest absolute Gasteiger partial charge is 0.491 e. The Balaban J connectivity index is 1.91. The van der Waals surface area contributed by atoms with E-state index in [0.29, 0.717) is 30.5 Å². The molecule has 5 nitrogen and oxygen atoms in total. The lowest BCUT2D eigenvalue weighted by Gasteiger charge is -2.08. The highest BCUT2D eigenvalue weighted by molar-refractivity contribution is 6.30. The van der Waals surface area contributed by atoms with Gasteiger partial charge >= 0.3 is 0 Å². The summed E-state index contributed by atoms with van der Waals surface area (Å²) in [7, 11) is 1.62. The van der Waals surface area contributed by atoms with Gasteiger partial charge in [0, 0.05) is 24.9 Å². The van der Waals surface area contributed by atoms with Crippen LogP contribution in [0, 0.1) is 0 Å². The van der Waals surface area contributed by atoms with Crippen molar-refractivity contribution in [3.63, 3.8) is 0 Å². The molecule has 1 aromatic carbocycles. The highest BCUT2D eigenvalue weighted by atomic mass is 35.5. The van der Waals surface area contributed by atoms with Gasteiger partial charge in [-0.1, -0.05) is 23.7 Å². The molecule has 116 valence electrons. The van der Waals surface area contributed by atoms with Gasteiger partial charge in [-0.2, -0.15) is 0 Å². The summed E-state index contributed by atoms with van der Waals surface area (Å²) in [6, 6.07) is 10.7. The van der Waals surface area contributed by atoms with Gasteiger partial charge in [0.25, 0.3) is 5.91 Å². The van der Waals surface area contributed by atoms with Gasteiger partial charge in [-0.15, -0.1) is 0 Å². The molecule has 0 spiro atoms. The molecular weight excluding hydrogens is 304 g/mol. The van der Waals surface area contributed by atoms with Crippen molar-refractivity contribution >= 4 is 17.5 Å². The monoisotopic (exact) mass is 320 g/mol. The van der Waals surface area contributed by atoms with Gasteiger partial charge < -0.3 is 14.8 Å². The van der Waals surface area contributed by atoms with Crippen LogP contribution in [0.5, 0.6) is 5.75 Å². The van der Waals surface area contributed by atoms with Crippen molar-refractivity contribution in [2.45, 2.75) is 6.54 Å². The number of nitrogens with one attached hydrogen (secondary N) is 1. The molecule has 0 bridgehead atoms. The van der Waals surface area contributed by atoms with Crippen LogP contribution in [0.15, 0.2) is 42.6 Å². The van der Waals surface area contributed by atoms with E-state index in [2.05, 4.69) is 10.3 Å². The molecule has 0 saturated carbocycles. The first kappa shape index (κ1) is 16.3. The van der Waals surface area contributed by atoms with Crippen LogP contribution in [0.4, 0.5) is 0 Å². The Morgan fingerprint density at radius 1 is 1.27 bits per heavy atom. The second kappa shape index (κ2) is 8.36. The Morgan fingerprint density at radius 2 is 2.14 bits per heavy atom. The van der Waals surface area contributed by atoms with E-state index in [1.165, 1.54) is 12.3 Å². The quantitative estimate of drug-likeness (QED) is 0.797. The molecule has 0 saturated heterocycles. The van der Waals surface area contributed by atoms with Crippen molar-refractivity contribution in [3.05, 3.63) is 58.9 Å². The normalized spacial score (nSPS) is 10.3. The summed E-state index contributed by atoms with van der Waals surface area (Å²) in [5, 5.41) is 3.28. The molecule has 0 radical (unpaired) electrons. The molecule has 1 amide bonds. The zero-order valence-electron chi connectivity index (χ0n) is 12.2. The van der Waals surface area contributed by atoms with Gasteiger partial charge in [-0.25, -0.2) is 0 Å². The van der Waals surface area contributed by atoms with Crippen LogP contribution >= 0.6 is 11.6 Å². The fourth-order valence-electron chi connectivity index (χ4n) is 1.79. The maximum Gasteiger partial charge on any atom is 0.270 e. The van der Waals surface area contributed by atoms with E-state index >= 15 is 0 Å². The lowest BCUT2D eigenvalue weighted by Crippen LogP contribution is -2.23. The second-order valence-electron chi connectivity index (χ2n) is 4.53. The Morgan fingerprint density at radius 3 is 2.91 bits per heavy atom. The number of rotatable bonds is 7. The maximum absolute atomic E-state index is 12.0. The van der Waals surface area contributed by atoms with Crippen molar-refractivity contribution in [2.24, 2.45) is 0 Å². The highest BCUT2D eigenvalue weighted by Crippen LogP contribution is 2.13. The highest BCUT2D eigenvalue weighted by Gasteiger charge is 2.07. The third kappa shape index (κ3) is 5.02. The van der Waals surface area contributed by atoms with E-state index in [4.69, 9.17) is 21.1 Å². The average Bonchev–Trinajstić information content (AvgIpc) is 2.53. The number of methoxy groups -OCH3 is 1. The molecule has 0 aliphatic heterocycles. The molecule has 0 atom stereocenters. The molecule has 1 aromatic heterocycles. The molecule has 0 aliphatic carbocycles. The van der Waals surface area contributed by atoms with Gasteiger partial charge in [0.15, 0.2) is 0 Å². The van der Waals surface area contributed by atoms with E-state index in [1.54, 1.807) is 13.2 Å².